The molecule has 1 heterocycles. The van der Waals surface area contributed by atoms with Crippen LogP contribution in [-0.2, 0) is 13.0 Å². The van der Waals surface area contributed by atoms with Crippen molar-refractivity contribution in [1.29, 1.82) is 0 Å². The first kappa shape index (κ1) is 22.2. The van der Waals surface area contributed by atoms with E-state index in [0.29, 0.717) is 12.6 Å². The standard InChI is InChI=1S/C26H34ClN3O/c1-19-5-2-3-6-22(19)18-28-26(31)29-24-7-4-8-25(24)30-15-13-21(14-16-30)17-20-9-11-23(27)12-10-20/h2-3,5-6,9-12,21,24-25H,4,7-8,13-18H2,1H3,(H2,28,29,31). The Kier molecular flexibility index (Phi) is 7.52. The quantitative estimate of drug-likeness (QED) is 0.639. The summed E-state index contributed by atoms with van der Waals surface area (Å²) in [5, 5.41) is 7.13. The summed E-state index contributed by atoms with van der Waals surface area (Å²) in [6.45, 7) is 4.92. The lowest BCUT2D eigenvalue weighted by molar-refractivity contribution is 0.118. The first-order valence-electron chi connectivity index (χ1n) is 11.7. The molecule has 2 fully saturated rings. The number of halogens is 1. The number of hydrogen-bond acceptors (Lipinski definition) is 2. The maximum Gasteiger partial charge on any atom is 0.315 e. The molecule has 2 aromatic rings. The lowest BCUT2D eigenvalue weighted by Gasteiger charge is -2.38. The van der Waals surface area contributed by atoms with Crippen LogP contribution in [0, 0.1) is 12.8 Å². The van der Waals surface area contributed by atoms with Crippen molar-refractivity contribution in [2.24, 2.45) is 5.92 Å². The van der Waals surface area contributed by atoms with E-state index in [4.69, 9.17) is 11.6 Å². The molecule has 4 nitrogen and oxygen atoms in total. The molecule has 2 aromatic carbocycles. The van der Waals surface area contributed by atoms with Crippen LogP contribution >= 0.6 is 11.6 Å². The third-order valence-electron chi connectivity index (χ3n) is 7.05. The van der Waals surface area contributed by atoms with E-state index in [2.05, 4.69) is 46.7 Å². The number of urea groups is 1. The highest BCUT2D eigenvalue weighted by atomic mass is 35.5. The van der Waals surface area contributed by atoms with Crippen LogP contribution in [0.4, 0.5) is 4.79 Å². The minimum Gasteiger partial charge on any atom is -0.334 e. The van der Waals surface area contributed by atoms with Crippen LogP contribution in [0.1, 0.15) is 48.8 Å². The second-order valence-electron chi connectivity index (χ2n) is 9.17. The monoisotopic (exact) mass is 439 g/mol. The van der Waals surface area contributed by atoms with E-state index >= 15 is 0 Å². The van der Waals surface area contributed by atoms with Crippen molar-refractivity contribution >= 4 is 17.6 Å². The maximum absolute atomic E-state index is 12.5. The molecule has 2 unspecified atom stereocenters. The highest BCUT2D eigenvalue weighted by Gasteiger charge is 2.35. The second-order valence-corrected chi connectivity index (χ2v) is 9.60. The average Bonchev–Trinajstić information content (AvgIpc) is 3.23. The average molecular weight is 440 g/mol. The smallest absolute Gasteiger partial charge is 0.315 e. The third-order valence-corrected chi connectivity index (χ3v) is 7.30. The predicted octanol–water partition coefficient (Wildman–Crippen LogP) is 5.32. The van der Waals surface area contributed by atoms with E-state index in [1.807, 2.05) is 24.3 Å². The van der Waals surface area contributed by atoms with Crippen molar-refractivity contribution in [3.63, 3.8) is 0 Å². The molecule has 31 heavy (non-hydrogen) atoms. The zero-order chi connectivity index (χ0) is 21.6. The molecular formula is C26H34ClN3O. The van der Waals surface area contributed by atoms with Crippen molar-refractivity contribution in [2.75, 3.05) is 13.1 Å². The normalized spacial score (nSPS) is 22.4. The van der Waals surface area contributed by atoms with Crippen LogP contribution in [0.15, 0.2) is 48.5 Å². The van der Waals surface area contributed by atoms with Crippen LogP contribution < -0.4 is 10.6 Å². The largest absolute Gasteiger partial charge is 0.334 e. The summed E-state index contributed by atoms with van der Waals surface area (Å²) in [6.07, 6.45) is 7.05. The molecule has 2 amide bonds. The van der Waals surface area contributed by atoms with Gasteiger partial charge in [0.05, 0.1) is 0 Å². The molecule has 1 aliphatic carbocycles. The summed E-state index contributed by atoms with van der Waals surface area (Å²) in [5.41, 5.74) is 3.76. The molecule has 0 aromatic heterocycles. The van der Waals surface area contributed by atoms with Crippen LogP contribution in [-0.4, -0.2) is 36.1 Å². The number of nitrogens with zero attached hydrogens (tertiary/aromatic N) is 1. The molecule has 1 saturated carbocycles. The lowest BCUT2D eigenvalue weighted by Crippen LogP contribution is -2.53. The topological polar surface area (TPSA) is 44.4 Å². The van der Waals surface area contributed by atoms with Crippen LogP contribution in [0.5, 0.6) is 0 Å². The Bertz CT molecular complexity index is 861. The van der Waals surface area contributed by atoms with Gasteiger partial charge < -0.3 is 10.6 Å². The third kappa shape index (κ3) is 6.02. The molecule has 0 radical (unpaired) electrons. The second kappa shape index (κ2) is 10.5. The van der Waals surface area contributed by atoms with Gasteiger partial charge in [-0.05, 0) is 93.3 Å². The number of likely N-dealkylation sites (tertiary alicyclic amines) is 1. The Labute approximate surface area is 191 Å². The van der Waals surface area contributed by atoms with Crippen LogP contribution in [0.3, 0.4) is 0 Å². The van der Waals surface area contributed by atoms with Crippen molar-refractivity contribution in [3.05, 3.63) is 70.2 Å². The van der Waals surface area contributed by atoms with Gasteiger partial charge in [0, 0.05) is 23.7 Å². The van der Waals surface area contributed by atoms with Crippen molar-refractivity contribution < 1.29 is 4.79 Å². The van der Waals surface area contributed by atoms with Crippen molar-refractivity contribution in [1.82, 2.24) is 15.5 Å². The highest BCUT2D eigenvalue weighted by molar-refractivity contribution is 6.30. The van der Waals surface area contributed by atoms with E-state index in [0.717, 1.165) is 36.9 Å². The first-order valence-corrected chi connectivity index (χ1v) is 12.0. The van der Waals surface area contributed by atoms with Crippen LogP contribution in [0.25, 0.3) is 0 Å². The number of hydrogen-bond donors (Lipinski definition) is 2. The number of carbonyl (C=O) groups excluding carboxylic acids is 1. The fourth-order valence-corrected chi connectivity index (χ4v) is 5.32. The maximum atomic E-state index is 12.5. The van der Waals surface area contributed by atoms with Gasteiger partial charge in [-0.25, -0.2) is 4.79 Å². The number of carbonyl (C=O) groups is 1. The van der Waals surface area contributed by atoms with E-state index in [1.165, 1.54) is 42.4 Å². The summed E-state index contributed by atoms with van der Waals surface area (Å²) in [4.78, 5) is 15.2. The molecule has 5 heteroatoms. The Balaban J connectivity index is 1.23. The van der Waals surface area contributed by atoms with E-state index in [9.17, 15) is 4.79 Å². The Hall–Kier alpha value is -2.04. The number of piperidine rings is 1. The van der Waals surface area contributed by atoms with E-state index in [-0.39, 0.29) is 12.1 Å². The molecule has 2 atom stereocenters. The number of amides is 2. The zero-order valence-electron chi connectivity index (χ0n) is 18.4. The van der Waals surface area contributed by atoms with Crippen LogP contribution in [0.2, 0.25) is 5.02 Å². The number of nitrogens with one attached hydrogen (secondary N) is 2. The Morgan fingerprint density at radius 1 is 1.03 bits per heavy atom. The molecule has 4 rings (SSSR count). The van der Waals surface area contributed by atoms with Crippen molar-refractivity contribution in [3.8, 4) is 0 Å². The number of benzene rings is 2. The minimum absolute atomic E-state index is 0.0437. The highest BCUT2D eigenvalue weighted by Crippen LogP contribution is 2.30. The van der Waals surface area contributed by atoms with Gasteiger partial charge >= 0.3 is 6.03 Å². The Morgan fingerprint density at radius 2 is 1.77 bits per heavy atom. The molecule has 2 aliphatic rings. The number of rotatable bonds is 6. The SMILES string of the molecule is Cc1ccccc1CNC(=O)NC1CCCC1N1CCC(Cc2ccc(Cl)cc2)CC1. The number of aryl methyl sites for hydroxylation is 1. The van der Waals surface area contributed by atoms with E-state index < -0.39 is 0 Å². The molecular weight excluding hydrogens is 406 g/mol. The first-order chi connectivity index (χ1) is 15.1. The van der Waals surface area contributed by atoms with Gasteiger partial charge in [0.15, 0.2) is 0 Å². The molecule has 1 aliphatic heterocycles. The van der Waals surface area contributed by atoms with Gasteiger partial charge in [0.1, 0.15) is 0 Å². The molecule has 166 valence electrons. The fourth-order valence-electron chi connectivity index (χ4n) is 5.19. The molecule has 0 spiro atoms. The molecule has 0 bridgehead atoms. The van der Waals surface area contributed by atoms with Gasteiger partial charge in [-0.1, -0.05) is 48.0 Å². The molecule has 1 saturated heterocycles. The predicted molar refractivity (Wildman–Crippen MR) is 127 cm³/mol. The lowest BCUT2D eigenvalue weighted by atomic mass is 9.89. The van der Waals surface area contributed by atoms with E-state index in [1.54, 1.807) is 0 Å². The summed E-state index contributed by atoms with van der Waals surface area (Å²) < 4.78 is 0. The van der Waals surface area contributed by atoms with Gasteiger partial charge in [-0.2, -0.15) is 0 Å². The summed E-state index contributed by atoms with van der Waals surface area (Å²) in [5.74, 6) is 0.739. The summed E-state index contributed by atoms with van der Waals surface area (Å²) in [6, 6.07) is 17.2. The van der Waals surface area contributed by atoms with Gasteiger partial charge in [-0.3, -0.25) is 4.90 Å². The summed E-state index contributed by atoms with van der Waals surface area (Å²) in [7, 11) is 0. The fraction of sp³-hybridized carbons (Fsp3) is 0.500. The summed E-state index contributed by atoms with van der Waals surface area (Å²) >= 11 is 6.01. The Morgan fingerprint density at radius 3 is 2.52 bits per heavy atom. The zero-order valence-corrected chi connectivity index (χ0v) is 19.2. The van der Waals surface area contributed by atoms with Gasteiger partial charge in [0.25, 0.3) is 0 Å². The van der Waals surface area contributed by atoms with Gasteiger partial charge in [0.2, 0.25) is 0 Å². The van der Waals surface area contributed by atoms with Gasteiger partial charge in [-0.15, -0.1) is 0 Å². The minimum atomic E-state index is -0.0437. The molecule has 2 N–H and O–H groups in total. The van der Waals surface area contributed by atoms with Crippen molar-refractivity contribution in [2.45, 2.75) is 64.1 Å².